The molecule has 0 aromatic heterocycles. The van der Waals surface area contributed by atoms with Crippen LogP contribution in [0.2, 0.25) is 5.02 Å². The number of rotatable bonds is 6. The van der Waals surface area contributed by atoms with Gasteiger partial charge in [0.05, 0.1) is 22.0 Å². The molecule has 0 atom stereocenters. The highest BCUT2D eigenvalue weighted by Crippen LogP contribution is 2.22. The molecule has 0 saturated carbocycles. The number of esters is 1. The molecule has 1 N–H and O–H groups in total. The third-order valence-electron chi connectivity index (χ3n) is 3.35. The van der Waals surface area contributed by atoms with Crippen molar-refractivity contribution in [1.82, 2.24) is 0 Å². The van der Waals surface area contributed by atoms with Crippen molar-refractivity contribution in [2.75, 3.05) is 18.2 Å². The minimum absolute atomic E-state index is 0.109. The van der Waals surface area contributed by atoms with E-state index in [1.165, 1.54) is 24.3 Å². The molecule has 0 saturated heterocycles. The molecule has 2 aromatic rings. The number of anilines is 1. The van der Waals surface area contributed by atoms with Gasteiger partial charge in [0.2, 0.25) is 0 Å². The van der Waals surface area contributed by atoms with Crippen molar-refractivity contribution in [3.63, 3.8) is 0 Å². The van der Waals surface area contributed by atoms with E-state index in [1.54, 1.807) is 18.2 Å². The van der Waals surface area contributed by atoms with Crippen LogP contribution in [0.25, 0.3) is 0 Å². The minimum atomic E-state index is -3.15. The summed E-state index contributed by atoms with van der Waals surface area (Å²) in [6.45, 7) is 1.41. The van der Waals surface area contributed by atoms with Gasteiger partial charge < -0.3 is 10.1 Å². The fourth-order valence-corrected chi connectivity index (χ4v) is 3.24. The van der Waals surface area contributed by atoms with Crippen LogP contribution in [0.4, 0.5) is 5.69 Å². The Morgan fingerprint density at radius 3 is 2.35 bits per heavy atom. The smallest absolute Gasteiger partial charge is 0.338 e. The molecule has 0 spiro atoms. The van der Waals surface area contributed by atoms with Crippen LogP contribution >= 0.6 is 11.6 Å². The number of ether oxygens (including phenoxy) is 1. The zero-order chi connectivity index (χ0) is 19.3. The lowest BCUT2D eigenvalue weighted by Gasteiger charge is -2.09. The monoisotopic (exact) mass is 395 g/mol. The molecular formula is C18H18ClNO5S. The van der Waals surface area contributed by atoms with Crippen LogP contribution in [-0.2, 0) is 25.1 Å². The second-order valence-electron chi connectivity index (χ2n) is 5.87. The average molecular weight is 396 g/mol. The van der Waals surface area contributed by atoms with E-state index in [0.29, 0.717) is 16.3 Å². The van der Waals surface area contributed by atoms with E-state index in [1.807, 2.05) is 6.92 Å². The predicted octanol–water partition coefficient (Wildman–Crippen LogP) is 2.99. The van der Waals surface area contributed by atoms with Crippen molar-refractivity contribution in [3.8, 4) is 0 Å². The molecule has 0 fully saturated rings. The lowest BCUT2D eigenvalue weighted by atomic mass is 10.1. The van der Waals surface area contributed by atoms with Gasteiger partial charge in [-0.3, -0.25) is 4.79 Å². The number of nitrogens with one attached hydrogen (secondary N) is 1. The molecule has 0 heterocycles. The topological polar surface area (TPSA) is 89.5 Å². The Balaban J connectivity index is 1.90. The fourth-order valence-electron chi connectivity index (χ4n) is 2.16. The number of amides is 1. The van der Waals surface area contributed by atoms with Crippen LogP contribution in [0.5, 0.6) is 0 Å². The third kappa shape index (κ3) is 6.16. The number of benzene rings is 2. The summed E-state index contributed by atoms with van der Waals surface area (Å²) in [7, 11) is -3.15. The lowest BCUT2D eigenvalue weighted by Crippen LogP contribution is -2.21. The van der Waals surface area contributed by atoms with Crippen LogP contribution < -0.4 is 5.32 Å². The molecule has 0 aliphatic carbocycles. The van der Waals surface area contributed by atoms with Gasteiger partial charge in [-0.25, -0.2) is 13.2 Å². The van der Waals surface area contributed by atoms with Crippen molar-refractivity contribution in [3.05, 3.63) is 64.2 Å². The van der Waals surface area contributed by atoms with Gasteiger partial charge in [-0.2, -0.15) is 0 Å². The van der Waals surface area contributed by atoms with Crippen LogP contribution in [0.1, 0.15) is 21.5 Å². The fraction of sp³-hybridized carbons (Fsp3) is 0.222. The molecule has 0 aliphatic heterocycles. The van der Waals surface area contributed by atoms with Crippen LogP contribution in [0.15, 0.2) is 42.5 Å². The van der Waals surface area contributed by atoms with E-state index in [2.05, 4.69) is 5.32 Å². The largest absolute Gasteiger partial charge is 0.452 e. The maximum atomic E-state index is 12.0. The first-order chi connectivity index (χ1) is 12.1. The number of hydrogen-bond acceptors (Lipinski definition) is 5. The number of carbonyl (C=O) groups is 2. The summed E-state index contributed by atoms with van der Waals surface area (Å²) in [5, 5.41) is 2.96. The van der Waals surface area contributed by atoms with Crippen molar-refractivity contribution in [1.29, 1.82) is 0 Å². The SMILES string of the molecule is Cc1ccc(NC(=O)COC(=O)c2ccc(CS(C)(=O)=O)cc2)c(Cl)c1. The Hall–Kier alpha value is -2.38. The summed E-state index contributed by atoms with van der Waals surface area (Å²) in [6.07, 6.45) is 1.13. The highest BCUT2D eigenvalue weighted by Gasteiger charge is 2.12. The summed E-state index contributed by atoms with van der Waals surface area (Å²) < 4.78 is 27.4. The second-order valence-corrected chi connectivity index (χ2v) is 8.42. The Morgan fingerprint density at radius 1 is 1.12 bits per heavy atom. The third-order valence-corrected chi connectivity index (χ3v) is 4.52. The standard InChI is InChI=1S/C18H18ClNO5S/c1-12-3-8-16(15(19)9-12)20-17(21)10-25-18(22)14-6-4-13(5-7-14)11-26(2,23)24/h3-9H,10-11H2,1-2H3,(H,20,21). The summed E-state index contributed by atoms with van der Waals surface area (Å²) in [4.78, 5) is 23.8. The van der Waals surface area contributed by atoms with E-state index >= 15 is 0 Å². The Morgan fingerprint density at radius 2 is 1.77 bits per heavy atom. The van der Waals surface area contributed by atoms with Gasteiger partial charge in [0.25, 0.3) is 5.91 Å². The number of carbonyl (C=O) groups excluding carboxylic acids is 2. The zero-order valence-electron chi connectivity index (χ0n) is 14.3. The maximum Gasteiger partial charge on any atom is 0.338 e. The first kappa shape index (κ1) is 19.9. The molecule has 26 heavy (non-hydrogen) atoms. The van der Waals surface area contributed by atoms with Gasteiger partial charge in [-0.1, -0.05) is 29.8 Å². The number of hydrogen-bond donors (Lipinski definition) is 1. The maximum absolute atomic E-state index is 12.0. The van der Waals surface area contributed by atoms with Gasteiger partial charge in [-0.05, 0) is 42.3 Å². The Labute approximate surface area is 157 Å². The summed E-state index contributed by atoms with van der Waals surface area (Å²) in [5.41, 5.74) is 2.18. The van der Waals surface area contributed by atoms with E-state index in [0.717, 1.165) is 11.8 Å². The van der Waals surface area contributed by atoms with Gasteiger partial charge >= 0.3 is 5.97 Å². The Bertz CT molecular complexity index is 923. The van der Waals surface area contributed by atoms with E-state index in [9.17, 15) is 18.0 Å². The molecule has 2 aromatic carbocycles. The summed E-state index contributed by atoms with van der Waals surface area (Å²) in [5.74, 6) is -1.30. The number of sulfone groups is 1. The normalized spacial score (nSPS) is 11.0. The molecule has 6 nitrogen and oxygen atoms in total. The molecule has 0 aliphatic rings. The molecule has 0 unspecified atom stereocenters. The average Bonchev–Trinajstić information content (AvgIpc) is 2.54. The summed E-state index contributed by atoms with van der Waals surface area (Å²) >= 11 is 6.03. The van der Waals surface area contributed by atoms with Crippen LogP contribution in [0, 0.1) is 6.92 Å². The molecule has 8 heteroatoms. The zero-order valence-corrected chi connectivity index (χ0v) is 15.9. The Kier molecular flexibility index (Phi) is 6.39. The molecule has 0 radical (unpaired) electrons. The predicted molar refractivity (Wildman–Crippen MR) is 100 cm³/mol. The summed E-state index contributed by atoms with van der Waals surface area (Å²) in [6, 6.07) is 11.1. The van der Waals surface area contributed by atoms with E-state index in [4.69, 9.17) is 16.3 Å². The van der Waals surface area contributed by atoms with Crippen LogP contribution in [-0.4, -0.2) is 33.2 Å². The molecule has 0 bridgehead atoms. The van der Waals surface area contributed by atoms with Gasteiger partial charge in [0, 0.05) is 6.26 Å². The van der Waals surface area contributed by atoms with Gasteiger partial charge in [0.15, 0.2) is 16.4 Å². The van der Waals surface area contributed by atoms with Crippen molar-refractivity contribution >= 4 is 39.0 Å². The van der Waals surface area contributed by atoms with E-state index < -0.39 is 28.3 Å². The second kappa shape index (κ2) is 8.33. The number of halogens is 1. The lowest BCUT2D eigenvalue weighted by molar-refractivity contribution is -0.119. The molecular weight excluding hydrogens is 378 g/mol. The van der Waals surface area contributed by atoms with Crippen LogP contribution in [0.3, 0.4) is 0 Å². The van der Waals surface area contributed by atoms with Crippen molar-refractivity contribution in [2.24, 2.45) is 0 Å². The van der Waals surface area contributed by atoms with Crippen molar-refractivity contribution in [2.45, 2.75) is 12.7 Å². The molecule has 2 rings (SSSR count). The molecule has 138 valence electrons. The van der Waals surface area contributed by atoms with Gasteiger partial charge in [-0.15, -0.1) is 0 Å². The van der Waals surface area contributed by atoms with Gasteiger partial charge in [0.1, 0.15) is 0 Å². The first-order valence-corrected chi connectivity index (χ1v) is 10.1. The first-order valence-electron chi connectivity index (χ1n) is 7.64. The highest BCUT2D eigenvalue weighted by atomic mass is 35.5. The van der Waals surface area contributed by atoms with E-state index in [-0.39, 0.29) is 11.3 Å². The van der Waals surface area contributed by atoms with Crippen molar-refractivity contribution < 1.29 is 22.7 Å². The highest BCUT2D eigenvalue weighted by molar-refractivity contribution is 7.89. The minimum Gasteiger partial charge on any atom is -0.452 e. The molecule has 1 amide bonds. The number of aryl methyl sites for hydroxylation is 1. The quantitative estimate of drug-likeness (QED) is 0.759.